The van der Waals surface area contributed by atoms with Crippen LogP contribution in [0.5, 0.6) is 0 Å². The van der Waals surface area contributed by atoms with Gasteiger partial charge in [-0.3, -0.25) is 0 Å². The number of halogens is 1. The fourth-order valence-corrected chi connectivity index (χ4v) is 2.23. The third-order valence-electron chi connectivity index (χ3n) is 3.14. The maximum atomic E-state index is 12.4. The fourth-order valence-electron chi connectivity index (χ4n) is 1.97. The normalized spacial score (nSPS) is 10.2. The second kappa shape index (κ2) is 7.13. The molecule has 0 atom stereocenters. The lowest BCUT2D eigenvalue weighted by atomic mass is 10.3. The summed E-state index contributed by atoms with van der Waals surface area (Å²) >= 11 is 3.37. The first-order valence-electron chi connectivity index (χ1n) is 6.62. The predicted octanol–water partition coefficient (Wildman–Crippen LogP) is 4.01. The lowest BCUT2D eigenvalue weighted by Gasteiger charge is -2.22. The van der Waals surface area contributed by atoms with E-state index in [0.29, 0.717) is 13.1 Å². The van der Waals surface area contributed by atoms with Crippen LogP contribution in [-0.2, 0) is 13.6 Å². The summed E-state index contributed by atoms with van der Waals surface area (Å²) in [4.78, 5) is 14.1. The number of benzene rings is 1. The molecule has 0 unspecified atom stereocenters. The van der Waals surface area contributed by atoms with Crippen LogP contribution in [0.15, 0.2) is 59.7 Å². The van der Waals surface area contributed by atoms with Gasteiger partial charge >= 0.3 is 6.03 Å². The van der Waals surface area contributed by atoms with Gasteiger partial charge in [0.25, 0.3) is 0 Å². The van der Waals surface area contributed by atoms with E-state index in [4.69, 9.17) is 0 Å². The molecule has 0 radical (unpaired) electrons. The summed E-state index contributed by atoms with van der Waals surface area (Å²) in [6.07, 6.45) is 3.69. The van der Waals surface area contributed by atoms with E-state index in [1.807, 2.05) is 54.2 Å². The van der Waals surface area contributed by atoms with Crippen LogP contribution in [-0.4, -0.2) is 22.0 Å². The van der Waals surface area contributed by atoms with Crippen LogP contribution in [0, 0.1) is 0 Å². The van der Waals surface area contributed by atoms with Crippen molar-refractivity contribution in [1.29, 1.82) is 0 Å². The van der Waals surface area contributed by atoms with E-state index >= 15 is 0 Å². The van der Waals surface area contributed by atoms with Gasteiger partial charge in [-0.05, 0) is 36.4 Å². The maximum absolute atomic E-state index is 12.4. The van der Waals surface area contributed by atoms with Gasteiger partial charge in [0, 0.05) is 35.6 Å². The number of nitrogens with one attached hydrogen (secondary N) is 1. The zero-order chi connectivity index (χ0) is 15.2. The molecule has 2 aromatic rings. The molecule has 1 heterocycles. The maximum Gasteiger partial charge on any atom is 0.322 e. The van der Waals surface area contributed by atoms with Crippen molar-refractivity contribution in [1.82, 2.24) is 9.47 Å². The zero-order valence-electron chi connectivity index (χ0n) is 11.9. The molecule has 4 nitrogen and oxygen atoms in total. The van der Waals surface area contributed by atoms with Crippen molar-refractivity contribution in [3.05, 3.63) is 65.4 Å². The van der Waals surface area contributed by atoms with E-state index in [2.05, 4.69) is 27.8 Å². The summed E-state index contributed by atoms with van der Waals surface area (Å²) in [5, 5.41) is 2.90. The van der Waals surface area contributed by atoms with Gasteiger partial charge in [0.2, 0.25) is 0 Å². The van der Waals surface area contributed by atoms with Gasteiger partial charge in [0.15, 0.2) is 0 Å². The second-order valence-corrected chi connectivity index (χ2v) is 5.63. The minimum atomic E-state index is -0.140. The quantitative estimate of drug-likeness (QED) is 0.815. The van der Waals surface area contributed by atoms with Crippen molar-refractivity contribution in [3.63, 3.8) is 0 Å². The Morgan fingerprint density at radius 3 is 2.67 bits per heavy atom. The van der Waals surface area contributed by atoms with Crippen LogP contribution in [0.3, 0.4) is 0 Å². The Morgan fingerprint density at radius 2 is 2.10 bits per heavy atom. The SMILES string of the molecule is C=CCN(Cc1cccn1C)C(=O)Nc1ccc(Br)cc1. The Morgan fingerprint density at radius 1 is 1.38 bits per heavy atom. The van der Waals surface area contributed by atoms with Crippen molar-refractivity contribution in [2.75, 3.05) is 11.9 Å². The highest BCUT2D eigenvalue weighted by Crippen LogP contribution is 2.15. The zero-order valence-corrected chi connectivity index (χ0v) is 13.5. The van der Waals surface area contributed by atoms with Crippen molar-refractivity contribution < 1.29 is 4.79 Å². The Balaban J connectivity index is 2.06. The molecule has 0 saturated heterocycles. The first-order chi connectivity index (χ1) is 10.1. The number of aromatic nitrogens is 1. The van der Waals surface area contributed by atoms with E-state index in [-0.39, 0.29) is 6.03 Å². The number of rotatable bonds is 5. The van der Waals surface area contributed by atoms with E-state index in [1.54, 1.807) is 11.0 Å². The van der Waals surface area contributed by atoms with Gasteiger partial charge < -0.3 is 14.8 Å². The largest absolute Gasteiger partial charge is 0.353 e. The molecule has 21 heavy (non-hydrogen) atoms. The Labute approximate surface area is 133 Å². The number of carbonyl (C=O) groups is 1. The van der Waals surface area contributed by atoms with Gasteiger partial charge in [-0.1, -0.05) is 22.0 Å². The van der Waals surface area contributed by atoms with Crippen LogP contribution in [0.25, 0.3) is 0 Å². The van der Waals surface area contributed by atoms with Crippen molar-refractivity contribution >= 4 is 27.6 Å². The van der Waals surface area contributed by atoms with Gasteiger partial charge in [-0.2, -0.15) is 0 Å². The molecular formula is C16H18BrN3O. The summed E-state index contributed by atoms with van der Waals surface area (Å²) in [5.74, 6) is 0. The molecule has 2 rings (SSSR count). The van der Waals surface area contributed by atoms with Gasteiger partial charge in [-0.25, -0.2) is 4.79 Å². The summed E-state index contributed by atoms with van der Waals surface area (Å²) in [5.41, 5.74) is 1.84. The number of urea groups is 1. The topological polar surface area (TPSA) is 37.3 Å². The van der Waals surface area contributed by atoms with Crippen LogP contribution >= 0.6 is 15.9 Å². The first-order valence-corrected chi connectivity index (χ1v) is 7.42. The molecule has 0 fully saturated rings. The molecule has 1 aromatic heterocycles. The number of amides is 2. The monoisotopic (exact) mass is 347 g/mol. The third-order valence-corrected chi connectivity index (χ3v) is 3.67. The van der Waals surface area contributed by atoms with Crippen molar-refractivity contribution in [2.45, 2.75) is 6.54 Å². The molecular weight excluding hydrogens is 330 g/mol. The molecule has 1 N–H and O–H groups in total. The van der Waals surface area contributed by atoms with Gasteiger partial charge in [-0.15, -0.1) is 6.58 Å². The molecule has 0 saturated carbocycles. The highest BCUT2D eigenvalue weighted by Gasteiger charge is 2.14. The Bertz CT molecular complexity index is 619. The Kier molecular flexibility index (Phi) is 5.22. The van der Waals surface area contributed by atoms with Crippen LogP contribution in [0.2, 0.25) is 0 Å². The molecule has 0 bridgehead atoms. The average Bonchev–Trinajstić information content (AvgIpc) is 2.86. The lowest BCUT2D eigenvalue weighted by molar-refractivity contribution is 0.214. The molecule has 5 heteroatoms. The fraction of sp³-hybridized carbons (Fsp3) is 0.188. The summed E-state index contributed by atoms with van der Waals surface area (Å²) in [7, 11) is 1.97. The summed E-state index contributed by atoms with van der Waals surface area (Å²) in [6, 6.07) is 11.3. The second-order valence-electron chi connectivity index (χ2n) is 4.72. The predicted molar refractivity (Wildman–Crippen MR) is 89.2 cm³/mol. The van der Waals surface area contributed by atoms with Crippen LogP contribution in [0.1, 0.15) is 5.69 Å². The van der Waals surface area contributed by atoms with Gasteiger partial charge in [0.1, 0.15) is 0 Å². The van der Waals surface area contributed by atoms with E-state index < -0.39 is 0 Å². The smallest absolute Gasteiger partial charge is 0.322 e. The Hall–Kier alpha value is -2.01. The van der Waals surface area contributed by atoms with E-state index in [1.165, 1.54) is 0 Å². The number of nitrogens with zero attached hydrogens (tertiary/aromatic N) is 2. The molecule has 0 aliphatic heterocycles. The number of aryl methyl sites for hydroxylation is 1. The molecule has 0 spiro atoms. The molecule has 1 aromatic carbocycles. The average molecular weight is 348 g/mol. The minimum Gasteiger partial charge on any atom is -0.353 e. The van der Waals surface area contributed by atoms with E-state index in [0.717, 1.165) is 15.9 Å². The van der Waals surface area contributed by atoms with Crippen molar-refractivity contribution in [2.24, 2.45) is 7.05 Å². The first kappa shape index (κ1) is 15.4. The highest BCUT2D eigenvalue weighted by molar-refractivity contribution is 9.10. The van der Waals surface area contributed by atoms with Crippen LogP contribution < -0.4 is 5.32 Å². The van der Waals surface area contributed by atoms with E-state index in [9.17, 15) is 4.79 Å². The molecule has 0 aliphatic carbocycles. The standard InChI is InChI=1S/C16H18BrN3O/c1-3-10-20(12-15-5-4-11-19(15)2)16(21)18-14-8-6-13(17)7-9-14/h3-9,11H,1,10,12H2,2H3,(H,18,21). The lowest BCUT2D eigenvalue weighted by Crippen LogP contribution is -2.35. The number of hydrogen-bond acceptors (Lipinski definition) is 1. The third kappa shape index (κ3) is 4.23. The molecule has 0 aliphatic rings. The highest BCUT2D eigenvalue weighted by atomic mass is 79.9. The number of hydrogen-bond donors (Lipinski definition) is 1. The minimum absolute atomic E-state index is 0.140. The molecule has 2 amide bonds. The van der Waals surface area contributed by atoms with Gasteiger partial charge in [0.05, 0.1) is 6.54 Å². The molecule has 110 valence electrons. The number of anilines is 1. The van der Waals surface area contributed by atoms with Crippen LogP contribution in [0.4, 0.5) is 10.5 Å². The number of carbonyl (C=O) groups excluding carboxylic acids is 1. The van der Waals surface area contributed by atoms with Crippen molar-refractivity contribution in [3.8, 4) is 0 Å². The summed E-state index contributed by atoms with van der Waals surface area (Å²) in [6.45, 7) is 4.75. The summed E-state index contributed by atoms with van der Waals surface area (Å²) < 4.78 is 2.98.